The van der Waals surface area contributed by atoms with E-state index in [1.54, 1.807) is 24.4 Å². The summed E-state index contributed by atoms with van der Waals surface area (Å²) in [5.41, 5.74) is 4.02. The van der Waals surface area contributed by atoms with Crippen LogP contribution in [0.1, 0.15) is 27.9 Å². The number of rotatable bonds is 4. The highest BCUT2D eigenvalue weighted by Gasteiger charge is 2.32. The number of benzene rings is 2. The predicted molar refractivity (Wildman–Crippen MR) is 120 cm³/mol. The number of alkyl halides is 3. The maximum Gasteiger partial charge on any atom is 0.433 e. The molecule has 0 unspecified atom stereocenters. The summed E-state index contributed by atoms with van der Waals surface area (Å²) < 4.78 is 53.4. The summed E-state index contributed by atoms with van der Waals surface area (Å²) in [5.74, 6) is -0.321. The fraction of sp³-hybridized carbons (Fsp3) is 0.115. The third kappa shape index (κ3) is 4.26. The zero-order chi connectivity index (χ0) is 23.9. The van der Waals surface area contributed by atoms with Gasteiger partial charge in [0.15, 0.2) is 0 Å². The van der Waals surface area contributed by atoms with Crippen LogP contribution >= 0.6 is 0 Å². The lowest BCUT2D eigenvalue weighted by Crippen LogP contribution is -2.19. The van der Waals surface area contributed by atoms with Crippen LogP contribution in [0, 0.1) is 5.82 Å². The van der Waals surface area contributed by atoms with Crippen molar-refractivity contribution in [1.29, 1.82) is 0 Å². The van der Waals surface area contributed by atoms with Crippen LogP contribution < -0.4 is 5.56 Å². The van der Waals surface area contributed by atoms with Gasteiger partial charge in [0.25, 0.3) is 5.56 Å². The predicted octanol–water partition coefficient (Wildman–Crippen LogP) is 5.47. The highest BCUT2D eigenvalue weighted by Crippen LogP contribution is 2.29. The van der Waals surface area contributed by atoms with Gasteiger partial charge >= 0.3 is 6.18 Å². The first-order chi connectivity index (χ1) is 16.3. The molecule has 0 N–H and O–H groups in total. The first-order valence-corrected chi connectivity index (χ1v) is 10.4. The number of halogens is 4. The van der Waals surface area contributed by atoms with Gasteiger partial charge in [-0.15, -0.1) is 0 Å². The quantitative estimate of drug-likeness (QED) is 0.377. The maximum atomic E-state index is 13.3. The van der Waals surface area contributed by atoms with E-state index >= 15 is 0 Å². The van der Waals surface area contributed by atoms with Crippen LogP contribution in [0.25, 0.3) is 11.1 Å². The van der Waals surface area contributed by atoms with E-state index in [0.29, 0.717) is 17.7 Å². The topological polar surface area (TPSA) is 47.2 Å². The van der Waals surface area contributed by atoms with Gasteiger partial charge in [-0.3, -0.25) is 14.8 Å². The molecule has 3 heterocycles. The van der Waals surface area contributed by atoms with Gasteiger partial charge in [-0.2, -0.15) is 13.2 Å². The van der Waals surface area contributed by atoms with Gasteiger partial charge in [0.05, 0.1) is 18.8 Å². The monoisotopic (exact) mass is 463 g/mol. The van der Waals surface area contributed by atoms with Crippen LogP contribution in [0.5, 0.6) is 0 Å². The number of nitrogens with zero attached hydrogens (tertiary/aromatic N) is 3. The van der Waals surface area contributed by atoms with Crippen molar-refractivity contribution in [2.75, 3.05) is 0 Å². The molecule has 0 fully saturated rings. The number of fused-ring (bicyclic) bond motifs is 1. The van der Waals surface area contributed by atoms with Gasteiger partial charge in [-0.05, 0) is 70.8 Å². The van der Waals surface area contributed by atoms with E-state index in [9.17, 15) is 22.4 Å². The molecule has 2 aromatic carbocycles. The highest BCUT2D eigenvalue weighted by atomic mass is 19.4. The SMILES string of the molecule is O=c1cc(-c2ccc3c(c2)C(c2ccc(F)cc2)=NC3)ccn1Cc1ccnc(C(F)(F)F)c1. The minimum Gasteiger partial charge on any atom is -0.311 e. The van der Waals surface area contributed by atoms with Crippen molar-refractivity contribution >= 4 is 5.71 Å². The van der Waals surface area contributed by atoms with Crippen molar-refractivity contribution in [2.24, 2.45) is 4.99 Å². The molecule has 0 aliphatic carbocycles. The Kier molecular flexibility index (Phi) is 5.36. The zero-order valence-electron chi connectivity index (χ0n) is 17.7. The van der Waals surface area contributed by atoms with E-state index in [1.165, 1.54) is 28.8 Å². The summed E-state index contributed by atoms with van der Waals surface area (Å²) in [6, 6.07) is 17.5. The first-order valence-electron chi connectivity index (χ1n) is 10.4. The lowest BCUT2D eigenvalue weighted by molar-refractivity contribution is -0.141. The Morgan fingerprint density at radius 3 is 2.35 bits per heavy atom. The summed E-state index contributed by atoms with van der Waals surface area (Å²) in [7, 11) is 0. The molecule has 0 spiro atoms. The average molecular weight is 463 g/mol. The third-order valence-electron chi connectivity index (χ3n) is 5.69. The van der Waals surface area contributed by atoms with Crippen LogP contribution in [0.4, 0.5) is 17.6 Å². The van der Waals surface area contributed by atoms with E-state index in [-0.39, 0.29) is 17.9 Å². The highest BCUT2D eigenvalue weighted by molar-refractivity contribution is 6.15. The van der Waals surface area contributed by atoms with Crippen molar-refractivity contribution in [1.82, 2.24) is 9.55 Å². The molecule has 2 aromatic heterocycles. The maximum absolute atomic E-state index is 13.3. The average Bonchev–Trinajstić information content (AvgIpc) is 3.24. The van der Waals surface area contributed by atoms with Crippen LogP contribution in [0.3, 0.4) is 0 Å². The smallest absolute Gasteiger partial charge is 0.311 e. The molecule has 4 nitrogen and oxygen atoms in total. The number of pyridine rings is 2. The fourth-order valence-corrected chi connectivity index (χ4v) is 3.96. The molecule has 170 valence electrons. The second-order valence-electron chi connectivity index (χ2n) is 7.97. The van der Waals surface area contributed by atoms with Crippen LogP contribution in [0.2, 0.25) is 0 Å². The largest absolute Gasteiger partial charge is 0.433 e. The van der Waals surface area contributed by atoms with E-state index < -0.39 is 11.9 Å². The Bertz CT molecular complexity index is 1470. The Labute approximate surface area is 191 Å². The molecule has 1 aliphatic rings. The number of hydrogen-bond acceptors (Lipinski definition) is 3. The second-order valence-corrected chi connectivity index (χ2v) is 7.97. The minimum absolute atomic E-state index is 0.00370. The van der Waals surface area contributed by atoms with Crippen molar-refractivity contribution in [3.63, 3.8) is 0 Å². The molecule has 8 heteroatoms. The van der Waals surface area contributed by atoms with E-state index in [4.69, 9.17) is 0 Å². The van der Waals surface area contributed by atoms with Gasteiger partial charge in [-0.1, -0.05) is 12.1 Å². The lowest BCUT2D eigenvalue weighted by atomic mass is 9.95. The Hall–Kier alpha value is -4.07. The molecular weight excluding hydrogens is 446 g/mol. The molecule has 34 heavy (non-hydrogen) atoms. The zero-order valence-corrected chi connectivity index (χ0v) is 17.7. The van der Waals surface area contributed by atoms with Crippen LogP contribution in [0.15, 0.2) is 88.9 Å². The van der Waals surface area contributed by atoms with Gasteiger partial charge in [-0.25, -0.2) is 4.39 Å². The molecule has 4 aromatic rings. The number of hydrogen-bond donors (Lipinski definition) is 0. The molecule has 0 bridgehead atoms. The molecular formula is C26H17F4N3O. The summed E-state index contributed by atoms with van der Waals surface area (Å²) in [6.07, 6.45) is -1.90. The molecule has 5 rings (SSSR count). The van der Waals surface area contributed by atoms with E-state index in [0.717, 1.165) is 40.2 Å². The standard InChI is InChI=1S/C26H17F4N3O/c27-21-5-3-17(4-6-21)25-22-12-18(1-2-20(22)14-32-25)19-8-10-33(24(34)13-19)15-16-7-9-31-23(11-16)26(28,29)30/h1-13H,14-15H2. The van der Waals surface area contributed by atoms with E-state index in [1.807, 2.05) is 18.2 Å². The Morgan fingerprint density at radius 2 is 1.62 bits per heavy atom. The fourth-order valence-electron chi connectivity index (χ4n) is 3.96. The van der Waals surface area contributed by atoms with Crippen LogP contribution in [-0.2, 0) is 19.3 Å². The molecule has 1 aliphatic heterocycles. The lowest BCUT2D eigenvalue weighted by Gasteiger charge is -2.11. The molecule has 0 atom stereocenters. The number of aromatic nitrogens is 2. The summed E-state index contributed by atoms with van der Waals surface area (Å²) >= 11 is 0. The van der Waals surface area contributed by atoms with Gasteiger partial charge in [0, 0.05) is 29.6 Å². The van der Waals surface area contributed by atoms with E-state index in [2.05, 4.69) is 9.98 Å². The van der Waals surface area contributed by atoms with Crippen molar-refractivity contribution in [3.8, 4) is 11.1 Å². The Balaban J connectivity index is 1.43. The summed E-state index contributed by atoms with van der Waals surface area (Å²) in [6.45, 7) is 0.520. The van der Waals surface area contributed by atoms with Crippen molar-refractivity contribution in [2.45, 2.75) is 19.3 Å². The molecule has 0 amide bonds. The van der Waals surface area contributed by atoms with Crippen molar-refractivity contribution < 1.29 is 17.6 Å². The van der Waals surface area contributed by atoms with Gasteiger partial charge < -0.3 is 4.57 Å². The minimum atomic E-state index is -4.55. The molecule has 0 saturated carbocycles. The second kappa shape index (κ2) is 8.37. The van der Waals surface area contributed by atoms with Gasteiger partial charge in [0.1, 0.15) is 11.5 Å². The Morgan fingerprint density at radius 1 is 0.882 bits per heavy atom. The summed E-state index contributed by atoms with van der Waals surface area (Å²) in [5, 5.41) is 0. The van der Waals surface area contributed by atoms with Crippen LogP contribution in [-0.4, -0.2) is 15.3 Å². The van der Waals surface area contributed by atoms with Gasteiger partial charge in [0.2, 0.25) is 0 Å². The van der Waals surface area contributed by atoms with Crippen molar-refractivity contribution in [3.05, 3.63) is 123 Å². The normalized spacial score (nSPS) is 13.0. The molecule has 0 radical (unpaired) electrons. The molecule has 0 saturated heterocycles. The first kappa shape index (κ1) is 21.8. The summed E-state index contributed by atoms with van der Waals surface area (Å²) in [4.78, 5) is 20.6. The number of aliphatic imine (C=N–C) groups is 1. The third-order valence-corrected chi connectivity index (χ3v) is 5.69.